The van der Waals surface area contributed by atoms with Gasteiger partial charge in [-0.3, -0.25) is 0 Å². The van der Waals surface area contributed by atoms with Gasteiger partial charge in [-0.15, -0.1) is 0 Å². The minimum Gasteiger partial charge on any atom is -0.375 e. The van der Waals surface area contributed by atoms with Crippen molar-refractivity contribution in [2.75, 3.05) is 25.0 Å². The molecule has 0 radical (unpaired) electrons. The SMILES string of the molecule is CN(CCCNCc1ccc(Cl)c(Cl)c1)c1ccccc1. The Labute approximate surface area is 136 Å². The molecule has 2 aromatic carbocycles. The van der Waals surface area contributed by atoms with Crippen molar-refractivity contribution in [3.05, 3.63) is 64.1 Å². The second-order valence-electron chi connectivity index (χ2n) is 5.04. The van der Waals surface area contributed by atoms with Crippen molar-refractivity contribution in [3.8, 4) is 0 Å². The quantitative estimate of drug-likeness (QED) is 0.749. The highest BCUT2D eigenvalue weighted by molar-refractivity contribution is 6.42. The maximum absolute atomic E-state index is 6.00. The number of hydrogen-bond donors (Lipinski definition) is 1. The van der Waals surface area contributed by atoms with E-state index in [2.05, 4.69) is 41.5 Å². The molecular weight excluding hydrogens is 303 g/mol. The van der Waals surface area contributed by atoms with Crippen LogP contribution >= 0.6 is 23.2 Å². The maximum Gasteiger partial charge on any atom is 0.0595 e. The summed E-state index contributed by atoms with van der Waals surface area (Å²) in [6.45, 7) is 2.81. The predicted molar refractivity (Wildman–Crippen MR) is 92.5 cm³/mol. The van der Waals surface area contributed by atoms with Crippen LogP contribution in [0.15, 0.2) is 48.5 Å². The Bertz CT molecular complexity index is 558. The number of nitrogens with zero attached hydrogens (tertiary/aromatic N) is 1. The van der Waals surface area contributed by atoms with Crippen LogP contribution in [0.4, 0.5) is 5.69 Å². The van der Waals surface area contributed by atoms with Gasteiger partial charge in [-0.2, -0.15) is 0 Å². The third-order valence-corrected chi connectivity index (χ3v) is 4.10. The molecule has 0 aliphatic heterocycles. The number of para-hydroxylation sites is 1. The average molecular weight is 323 g/mol. The molecule has 4 heteroatoms. The second-order valence-corrected chi connectivity index (χ2v) is 5.85. The molecule has 2 rings (SSSR count). The molecule has 2 nitrogen and oxygen atoms in total. The normalized spacial score (nSPS) is 10.6. The van der Waals surface area contributed by atoms with Crippen LogP contribution in [0, 0.1) is 0 Å². The van der Waals surface area contributed by atoms with Crippen LogP contribution in [0.3, 0.4) is 0 Å². The van der Waals surface area contributed by atoms with Crippen LogP contribution in [0.1, 0.15) is 12.0 Å². The Morgan fingerprint density at radius 2 is 1.76 bits per heavy atom. The summed E-state index contributed by atoms with van der Waals surface area (Å²) in [6.07, 6.45) is 1.09. The summed E-state index contributed by atoms with van der Waals surface area (Å²) in [7, 11) is 2.12. The third-order valence-electron chi connectivity index (χ3n) is 3.36. The first-order valence-corrected chi connectivity index (χ1v) is 7.83. The molecule has 0 aromatic heterocycles. The van der Waals surface area contributed by atoms with E-state index < -0.39 is 0 Å². The summed E-state index contributed by atoms with van der Waals surface area (Å²) in [5.74, 6) is 0. The summed E-state index contributed by atoms with van der Waals surface area (Å²) < 4.78 is 0. The standard InChI is InChI=1S/C17H20Cl2N2/c1-21(15-6-3-2-4-7-15)11-5-10-20-13-14-8-9-16(18)17(19)12-14/h2-4,6-9,12,20H,5,10-11,13H2,1H3. The zero-order valence-electron chi connectivity index (χ0n) is 12.2. The highest BCUT2D eigenvalue weighted by Gasteiger charge is 2.01. The molecule has 2 aromatic rings. The lowest BCUT2D eigenvalue weighted by atomic mass is 10.2. The molecule has 0 amide bonds. The lowest BCUT2D eigenvalue weighted by molar-refractivity contribution is 0.646. The summed E-state index contributed by atoms with van der Waals surface area (Å²) in [6, 6.07) is 16.2. The Hall–Kier alpha value is -1.22. The first-order valence-electron chi connectivity index (χ1n) is 7.07. The van der Waals surface area contributed by atoms with Crippen LogP contribution < -0.4 is 10.2 Å². The number of anilines is 1. The largest absolute Gasteiger partial charge is 0.375 e. The van der Waals surface area contributed by atoms with Gasteiger partial charge in [0, 0.05) is 25.8 Å². The topological polar surface area (TPSA) is 15.3 Å². The molecule has 0 aliphatic carbocycles. The van der Waals surface area contributed by atoms with Crippen molar-refractivity contribution in [2.45, 2.75) is 13.0 Å². The highest BCUT2D eigenvalue weighted by Crippen LogP contribution is 2.22. The number of rotatable bonds is 7. The van der Waals surface area contributed by atoms with Crippen molar-refractivity contribution in [1.29, 1.82) is 0 Å². The van der Waals surface area contributed by atoms with Crippen molar-refractivity contribution < 1.29 is 0 Å². The van der Waals surface area contributed by atoms with Gasteiger partial charge in [-0.1, -0.05) is 47.5 Å². The Kier molecular flexibility index (Phi) is 6.37. The maximum atomic E-state index is 6.00. The fourth-order valence-electron chi connectivity index (χ4n) is 2.14. The molecule has 0 spiro atoms. The van der Waals surface area contributed by atoms with Crippen molar-refractivity contribution in [1.82, 2.24) is 5.32 Å². The lowest BCUT2D eigenvalue weighted by Gasteiger charge is -2.19. The molecule has 1 N–H and O–H groups in total. The van der Waals surface area contributed by atoms with Crippen molar-refractivity contribution in [2.24, 2.45) is 0 Å². The summed E-state index contributed by atoms with van der Waals surface area (Å²) >= 11 is 11.9. The van der Waals surface area contributed by atoms with Gasteiger partial charge in [-0.25, -0.2) is 0 Å². The van der Waals surface area contributed by atoms with E-state index in [0.717, 1.165) is 31.6 Å². The summed E-state index contributed by atoms with van der Waals surface area (Å²) in [4.78, 5) is 2.26. The van der Waals surface area contributed by atoms with Crippen LogP contribution in [-0.2, 0) is 6.54 Å². The molecule has 0 aliphatic rings. The van der Waals surface area contributed by atoms with E-state index >= 15 is 0 Å². The third kappa shape index (κ3) is 5.24. The molecule has 0 saturated carbocycles. The molecule has 0 bridgehead atoms. The van der Waals surface area contributed by atoms with Gasteiger partial charge in [-0.05, 0) is 42.8 Å². The molecule has 0 unspecified atom stereocenters. The predicted octanol–water partition coefficient (Wildman–Crippen LogP) is 4.61. The summed E-state index contributed by atoms with van der Waals surface area (Å²) in [5, 5.41) is 4.64. The number of benzene rings is 2. The first kappa shape index (κ1) is 16.2. The first-order chi connectivity index (χ1) is 10.2. The molecule has 21 heavy (non-hydrogen) atoms. The van der Waals surface area contributed by atoms with E-state index in [1.165, 1.54) is 5.69 Å². The molecule has 0 heterocycles. The minimum absolute atomic E-state index is 0.602. The molecular formula is C17H20Cl2N2. The van der Waals surface area contributed by atoms with E-state index in [4.69, 9.17) is 23.2 Å². The Morgan fingerprint density at radius 1 is 1.00 bits per heavy atom. The van der Waals surface area contributed by atoms with E-state index in [0.29, 0.717) is 10.0 Å². The van der Waals surface area contributed by atoms with Gasteiger partial charge < -0.3 is 10.2 Å². The second kappa shape index (κ2) is 8.28. The zero-order chi connectivity index (χ0) is 15.1. The van der Waals surface area contributed by atoms with Gasteiger partial charge in [0.25, 0.3) is 0 Å². The Morgan fingerprint density at radius 3 is 2.48 bits per heavy atom. The van der Waals surface area contributed by atoms with E-state index in [1.807, 2.05) is 24.3 Å². The fourth-order valence-corrected chi connectivity index (χ4v) is 2.46. The van der Waals surface area contributed by atoms with E-state index in [1.54, 1.807) is 0 Å². The van der Waals surface area contributed by atoms with Gasteiger partial charge in [0.2, 0.25) is 0 Å². The highest BCUT2D eigenvalue weighted by atomic mass is 35.5. The Balaban J connectivity index is 1.67. The van der Waals surface area contributed by atoms with E-state index in [-0.39, 0.29) is 0 Å². The molecule has 0 saturated heterocycles. The average Bonchev–Trinajstić information content (AvgIpc) is 2.51. The smallest absolute Gasteiger partial charge is 0.0595 e. The number of hydrogen-bond acceptors (Lipinski definition) is 2. The lowest BCUT2D eigenvalue weighted by Crippen LogP contribution is -2.23. The zero-order valence-corrected chi connectivity index (χ0v) is 13.7. The van der Waals surface area contributed by atoms with Gasteiger partial charge in [0.05, 0.1) is 10.0 Å². The number of nitrogens with one attached hydrogen (secondary N) is 1. The van der Waals surface area contributed by atoms with E-state index in [9.17, 15) is 0 Å². The van der Waals surface area contributed by atoms with Crippen LogP contribution in [0.25, 0.3) is 0 Å². The number of halogens is 2. The molecule has 112 valence electrons. The molecule has 0 atom stereocenters. The van der Waals surface area contributed by atoms with Gasteiger partial charge in [0.15, 0.2) is 0 Å². The van der Waals surface area contributed by atoms with Crippen molar-refractivity contribution >= 4 is 28.9 Å². The fraction of sp³-hybridized carbons (Fsp3) is 0.294. The van der Waals surface area contributed by atoms with Gasteiger partial charge >= 0.3 is 0 Å². The molecule has 0 fully saturated rings. The minimum atomic E-state index is 0.602. The van der Waals surface area contributed by atoms with Crippen LogP contribution in [0.5, 0.6) is 0 Å². The summed E-state index contributed by atoms with van der Waals surface area (Å²) in [5.41, 5.74) is 2.41. The monoisotopic (exact) mass is 322 g/mol. The van der Waals surface area contributed by atoms with Gasteiger partial charge in [0.1, 0.15) is 0 Å². The van der Waals surface area contributed by atoms with Crippen molar-refractivity contribution in [3.63, 3.8) is 0 Å². The van der Waals surface area contributed by atoms with Crippen LogP contribution in [-0.4, -0.2) is 20.1 Å². The van der Waals surface area contributed by atoms with Crippen LogP contribution in [0.2, 0.25) is 10.0 Å².